The average molecular weight is 237 g/mol. The highest BCUT2D eigenvalue weighted by Gasteiger charge is 2.10. The standard InChI is InChI=1S/C12H12FNOS/c1-7-3-4-9(13)5-10(7)12-14-6-11(16-12)8(2)15/h3-6,8,15H,1-2H3. The van der Waals surface area contributed by atoms with E-state index in [-0.39, 0.29) is 5.82 Å². The molecule has 1 unspecified atom stereocenters. The van der Waals surface area contributed by atoms with E-state index in [1.165, 1.54) is 23.5 Å². The molecule has 1 aromatic carbocycles. The van der Waals surface area contributed by atoms with Gasteiger partial charge in [-0.05, 0) is 31.5 Å². The normalized spacial score (nSPS) is 12.8. The third kappa shape index (κ3) is 2.13. The van der Waals surface area contributed by atoms with Crippen molar-refractivity contribution < 1.29 is 9.50 Å². The third-order valence-corrected chi connectivity index (χ3v) is 3.57. The third-order valence-electron chi connectivity index (χ3n) is 2.37. The van der Waals surface area contributed by atoms with Crippen LogP contribution in [0, 0.1) is 12.7 Å². The van der Waals surface area contributed by atoms with Crippen LogP contribution in [0.15, 0.2) is 24.4 Å². The molecule has 0 aliphatic rings. The number of aliphatic hydroxyl groups excluding tert-OH is 1. The summed E-state index contributed by atoms with van der Waals surface area (Å²) in [6.45, 7) is 3.61. The van der Waals surface area contributed by atoms with Crippen molar-refractivity contribution in [3.05, 3.63) is 40.7 Å². The van der Waals surface area contributed by atoms with Crippen molar-refractivity contribution in [3.63, 3.8) is 0 Å². The Hall–Kier alpha value is -1.26. The maximum absolute atomic E-state index is 13.1. The summed E-state index contributed by atoms with van der Waals surface area (Å²) in [4.78, 5) is 4.99. The van der Waals surface area contributed by atoms with E-state index in [1.54, 1.807) is 19.2 Å². The second kappa shape index (κ2) is 4.31. The number of nitrogens with zero attached hydrogens (tertiary/aromatic N) is 1. The molecule has 0 bridgehead atoms. The van der Waals surface area contributed by atoms with Crippen LogP contribution in [-0.4, -0.2) is 10.1 Å². The molecule has 1 aromatic heterocycles. The van der Waals surface area contributed by atoms with Gasteiger partial charge in [-0.1, -0.05) is 6.07 Å². The molecule has 2 nitrogen and oxygen atoms in total. The first-order valence-electron chi connectivity index (χ1n) is 4.98. The van der Waals surface area contributed by atoms with Crippen molar-refractivity contribution in [2.75, 3.05) is 0 Å². The fraction of sp³-hybridized carbons (Fsp3) is 0.250. The summed E-state index contributed by atoms with van der Waals surface area (Å²) in [5.74, 6) is -0.269. The van der Waals surface area contributed by atoms with E-state index in [0.717, 1.165) is 21.0 Å². The first-order chi connectivity index (χ1) is 7.58. The molecule has 0 saturated heterocycles. The zero-order valence-electron chi connectivity index (χ0n) is 9.07. The van der Waals surface area contributed by atoms with Crippen molar-refractivity contribution in [2.24, 2.45) is 0 Å². The van der Waals surface area contributed by atoms with E-state index in [2.05, 4.69) is 4.98 Å². The summed E-state index contributed by atoms with van der Waals surface area (Å²) in [5.41, 5.74) is 1.77. The largest absolute Gasteiger partial charge is 0.388 e. The summed E-state index contributed by atoms with van der Waals surface area (Å²) < 4.78 is 13.1. The quantitative estimate of drug-likeness (QED) is 0.869. The Balaban J connectivity index is 2.46. The summed E-state index contributed by atoms with van der Waals surface area (Å²) in [6, 6.07) is 4.64. The van der Waals surface area contributed by atoms with Crippen LogP contribution in [0.4, 0.5) is 4.39 Å². The second-order valence-corrected chi connectivity index (χ2v) is 4.77. The molecular formula is C12H12FNOS. The number of aryl methyl sites for hydroxylation is 1. The molecule has 0 aliphatic heterocycles. The molecule has 4 heteroatoms. The van der Waals surface area contributed by atoms with E-state index >= 15 is 0 Å². The highest BCUT2D eigenvalue weighted by Crippen LogP contribution is 2.30. The molecule has 0 aliphatic carbocycles. The molecule has 0 amide bonds. The molecule has 0 saturated carbocycles. The van der Waals surface area contributed by atoms with Crippen LogP contribution in [-0.2, 0) is 0 Å². The fourth-order valence-electron chi connectivity index (χ4n) is 1.43. The van der Waals surface area contributed by atoms with Crippen molar-refractivity contribution >= 4 is 11.3 Å². The molecule has 1 heterocycles. The second-order valence-electron chi connectivity index (χ2n) is 3.70. The van der Waals surface area contributed by atoms with Crippen LogP contribution in [0.2, 0.25) is 0 Å². The van der Waals surface area contributed by atoms with Crippen LogP contribution in [0.25, 0.3) is 10.6 Å². The number of rotatable bonds is 2. The van der Waals surface area contributed by atoms with E-state index in [9.17, 15) is 9.50 Å². The topological polar surface area (TPSA) is 33.1 Å². The Morgan fingerprint density at radius 3 is 2.81 bits per heavy atom. The van der Waals surface area contributed by atoms with Crippen molar-refractivity contribution in [1.82, 2.24) is 4.98 Å². The van der Waals surface area contributed by atoms with Gasteiger partial charge >= 0.3 is 0 Å². The first-order valence-corrected chi connectivity index (χ1v) is 5.80. The first kappa shape index (κ1) is 11.2. The minimum Gasteiger partial charge on any atom is -0.388 e. The zero-order chi connectivity index (χ0) is 11.7. The van der Waals surface area contributed by atoms with Gasteiger partial charge in [0.2, 0.25) is 0 Å². The highest BCUT2D eigenvalue weighted by atomic mass is 32.1. The van der Waals surface area contributed by atoms with E-state index in [1.807, 2.05) is 6.92 Å². The van der Waals surface area contributed by atoms with Crippen molar-refractivity contribution in [1.29, 1.82) is 0 Å². The molecule has 84 valence electrons. The Bertz CT molecular complexity index is 507. The Morgan fingerprint density at radius 1 is 1.44 bits per heavy atom. The summed E-state index contributed by atoms with van der Waals surface area (Å²) in [6.07, 6.45) is 1.11. The Morgan fingerprint density at radius 2 is 2.19 bits per heavy atom. The predicted molar refractivity (Wildman–Crippen MR) is 62.9 cm³/mol. The fourth-order valence-corrected chi connectivity index (χ4v) is 2.36. The minimum atomic E-state index is -0.528. The maximum atomic E-state index is 13.1. The molecule has 2 rings (SSSR count). The lowest BCUT2D eigenvalue weighted by Crippen LogP contribution is -1.84. The minimum absolute atomic E-state index is 0.269. The van der Waals surface area contributed by atoms with Gasteiger partial charge in [0, 0.05) is 11.8 Å². The number of aliphatic hydroxyl groups is 1. The van der Waals surface area contributed by atoms with E-state index < -0.39 is 6.10 Å². The van der Waals surface area contributed by atoms with Gasteiger partial charge in [-0.2, -0.15) is 0 Å². The number of hydrogen-bond donors (Lipinski definition) is 1. The van der Waals surface area contributed by atoms with Gasteiger partial charge in [0.05, 0.1) is 11.0 Å². The lowest BCUT2D eigenvalue weighted by Gasteiger charge is -2.01. The molecule has 0 spiro atoms. The SMILES string of the molecule is Cc1ccc(F)cc1-c1ncc(C(C)O)s1. The monoisotopic (exact) mass is 237 g/mol. The Labute approximate surface area is 97.4 Å². The molecule has 16 heavy (non-hydrogen) atoms. The van der Waals surface area contributed by atoms with Gasteiger partial charge in [-0.15, -0.1) is 11.3 Å². The van der Waals surface area contributed by atoms with E-state index in [4.69, 9.17) is 0 Å². The van der Waals surface area contributed by atoms with Crippen molar-refractivity contribution in [2.45, 2.75) is 20.0 Å². The van der Waals surface area contributed by atoms with Crippen LogP contribution in [0.3, 0.4) is 0 Å². The predicted octanol–water partition coefficient (Wildman–Crippen LogP) is 3.31. The lowest BCUT2D eigenvalue weighted by molar-refractivity contribution is 0.203. The van der Waals surface area contributed by atoms with Crippen LogP contribution in [0.1, 0.15) is 23.5 Å². The zero-order valence-corrected chi connectivity index (χ0v) is 9.88. The van der Waals surface area contributed by atoms with Gasteiger partial charge in [0.1, 0.15) is 10.8 Å². The van der Waals surface area contributed by atoms with Gasteiger partial charge in [-0.25, -0.2) is 9.37 Å². The molecule has 0 fully saturated rings. The Kier molecular flexibility index (Phi) is 3.03. The number of hydrogen-bond acceptors (Lipinski definition) is 3. The molecule has 1 atom stereocenters. The van der Waals surface area contributed by atoms with Gasteiger partial charge in [0.25, 0.3) is 0 Å². The van der Waals surface area contributed by atoms with Crippen LogP contribution in [0.5, 0.6) is 0 Å². The summed E-state index contributed by atoms with van der Waals surface area (Å²) >= 11 is 1.39. The van der Waals surface area contributed by atoms with Gasteiger partial charge in [-0.3, -0.25) is 0 Å². The van der Waals surface area contributed by atoms with E-state index in [0.29, 0.717) is 0 Å². The number of halogens is 1. The number of thiazole rings is 1. The highest BCUT2D eigenvalue weighted by molar-refractivity contribution is 7.15. The van der Waals surface area contributed by atoms with Crippen LogP contribution < -0.4 is 0 Å². The molecule has 0 radical (unpaired) electrons. The molecule has 2 aromatic rings. The van der Waals surface area contributed by atoms with Crippen LogP contribution >= 0.6 is 11.3 Å². The van der Waals surface area contributed by atoms with Crippen molar-refractivity contribution in [3.8, 4) is 10.6 Å². The summed E-state index contributed by atoms with van der Waals surface area (Å²) in [7, 11) is 0. The lowest BCUT2D eigenvalue weighted by atomic mass is 10.1. The molecular weight excluding hydrogens is 225 g/mol. The summed E-state index contributed by atoms with van der Waals surface area (Å²) in [5, 5.41) is 10.1. The average Bonchev–Trinajstić information content (AvgIpc) is 2.70. The molecule has 1 N–H and O–H groups in total. The smallest absolute Gasteiger partial charge is 0.123 e. The maximum Gasteiger partial charge on any atom is 0.123 e. The number of benzene rings is 1. The van der Waals surface area contributed by atoms with Gasteiger partial charge < -0.3 is 5.11 Å². The number of aromatic nitrogens is 1. The van der Waals surface area contributed by atoms with Gasteiger partial charge in [0.15, 0.2) is 0 Å².